The predicted octanol–water partition coefficient (Wildman–Crippen LogP) is 6.04. The highest BCUT2D eigenvalue weighted by Gasteiger charge is 2.35. The lowest BCUT2D eigenvalue weighted by atomic mass is 9.91. The van der Waals surface area contributed by atoms with Crippen LogP contribution in [0.5, 0.6) is 0 Å². The van der Waals surface area contributed by atoms with Gasteiger partial charge in [-0.2, -0.15) is 0 Å². The van der Waals surface area contributed by atoms with Gasteiger partial charge in [-0.15, -0.1) is 0 Å². The van der Waals surface area contributed by atoms with Gasteiger partial charge in [0.2, 0.25) is 0 Å². The molecule has 3 aromatic carbocycles. The molecule has 1 saturated heterocycles. The molecule has 0 bridgehead atoms. The molecular weight excluding hydrogens is 382 g/mol. The molecule has 1 N–H and O–H groups in total. The maximum Gasteiger partial charge on any atom is 0.320 e. The first-order chi connectivity index (χ1) is 14.1. The standard InChI is InChI=1S/C25H24ClNO2/c26-22-10-6-9-21(17-22)24(27-16-5-4-11-23(27)25(28)29)20-14-12-19(13-15-20)18-7-2-1-3-8-18/h1-3,6-10,12-15,17,23-24H,4-5,11,16H2,(H,28,29). The Morgan fingerprint density at radius 3 is 2.31 bits per heavy atom. The van der Waals surface area contributed by atoms with E-state index < -0.39 is 12.0 Å². The zero-order valence-electron chi connectivity index (χ0n) is 16.2. The second-order valence-corrected chi connectivity index (χ2v) is 7.97. The molecule has 3 nitrogen and oxygen atoms in total. The average Bonchev–Trinajstić information content (AvgIpc) is 2.75. The summed E-state index contributed by atoms with van der Waals surface area (Å²) in [4.78, 5) is 14.1. The van der Waals surface area contributed by atoms with Gasteiger partial charge in [0.1, 0.15) is 6.04 Å². The van der Waals surface area contributed by atoms with E-state index >= 15 is 0 Å². The van der Waals surface area contributed by atoms with Crippen LogP contribution in [0.3, 0.4) is 0 Å². The van der Waals surface area contributed by atoms with E-state index in [0.717, 1.165) is 36.1 Å². The van der Waals surface area contributed by atoms with Crippen molar-refractivity contribution in [2.75, 3.05) is 6.54 Å². The Balaban J connectivity index is 1.75. The second kappa shape index (κ2) is 8.81. The number of hydrogen-bond acceptors (Lipinski definition) is 2. The Hall–Kier alpha value is -2.62. The number of carbonyl (C=O) groups is 1. The number of hydrogen-bond donors (Lipinski definition) is 1. The number of carboxylic acids is 1. The number of rotatable bonds is 5. The number of piperidine rings is 1. The monoisotopic (exact) mass is 405 g/mol. The molecule has 1 fully saturated rings. The van der Waals surface area contributed by atoms with Crippen LogP contribution in [0.2, 0.25) is 5.02 Å². The molecule has 0 saturated carbocycles. The van der Waals surface area contributed by atoms with E-state index in [9.17, 15) is 9.90 Å². The summed E-state index contributed by atoms with van der Waals surface area (Å²) in [6.45, 7) is 0.759. The van der Waals surface area contributed by atoms with E-state index in [0.29, 0.717) is 11.4 Å². The summed E-state index contributed by atoms with van der Waals surface area (Å²) in [5.74, 6) is -0.752. The summed E-state index contributed by atoms with van der Waals surface area (Å²) in [7, 11) is 0. The molecule has 0 amide bonds. The Labute approximate surface area is 176 Å². The minimum Gasteiger partial charge on any atom is -0.480 e. The van der Waals surface area contributed by atoms with Crippen LogP contribution in [0.4, 0.5) is 0 Å². The minimum atomic E-state index is -0.752. The summed E-state index contributed by atoms with van der Waals surface area (Å²) in [6, 6.07) is 25.9. The summed E-state index contributed by atoms with van der Waals surface area (Å²) in [5, 5.41) is 10.5. The molecule has 2 atom stereocenters. The molecule has 2 unspecified atom stereocenters. The van der Waals surface area contributed by atoms with Crippen LogP contribution < -0.4 is 0 Å². The highest BCUT2D eigenvalue weighted by molar-refractivity contribution is 6.30. The van der Waals surface area contributed by atoms with E-state index in [-0.39, 0.29) is 6.04 Å². The minimum absolute atomic E-state index is 0.139. The van der Waals surface area contributed by atoms with Crippen molar-refractivity contribution >= 4 is 17.6 Å². The van der Waals surface area contributed by atoms with Crippen LogP contribution in [-0.4, -0.2) is 28.6 Å². The number of halogens is 1. The zero-order chi connectivity index (χ0) is 20.2. The largest absolute Gasteiger partial charge is 0.480 e. The third-order valence-corrected chi connectivity index (χ3v) is 5.89. The molecule has 1 aliphatic rings. The Kier molecular flexibility index (Phi) is 5.98. The average molecular weight is 406 g/mol. The molecule has 0 radical (unpaired) electrons. The van der Waals surface area contributed by atoms with Crippen LogP contribution in [0.25, 0.3) is 11.1 Å². The van der Waals surface area contributed by atoms with Gasteiger partial charge in [-0.05, 0) is 53.8 Å². The van der Waals surface area contributed by atoms with Crippen molar-refractivity contribution < 1.29 is 9.90 Å². The molecule has 0 aliphatic carbocycles. The van der Waals surface area contributed by atoms with Crippen molar-refractivity contribution in [2.45, 2.75) is 31.3 Å². The molecule has 3 aromatic rings. The number of carboxylic acid groups (broad SMARTS) is 1. The van der Waals surface area contributed by atoms with Gasteiger partial charge in [-0.3, -0.25) is 9.69 Å². The number of benzene rings is 3. The molecule has 148 valence electrons. The fraction of sp³-hybridized carbons (Fsp3) is 0.240. The van der Waals surface area contributed by atoms with Crippen LogP contribution in [0.15, 0.2) is 78.9 Å². The number of aliphatic carboxylic acids is 1. The number of likely N-dealkylation sites (tertiary alicyclic amines) is 1. The summed E-state index contributed by atoms with van der Waals surface area (Å²) in [5.41, 5.74) is 4.42. The van der Waals surface area contributed by atoms with Gasteiger partial charge in [0.25, 0.3) is 0 Å². The van der Waals surface area contributed by atoms with Crippen LogP contribution >= 0.6 is 11.6 Å². The van der Waals surface area contributed by atoms with Gasteiger partial charge in [-0.1, -0.05) is 84.8 Å². The van der Waals surface area contributed by atoms with Gasteiger partial charge < -0.3 is 5.11 Å². The van der Waals surface area contributed by atoms with Crippen molar-refractivity contribution in [2.24, 2.45) is 0 Å². The number of nitrogens with zero attached hydrogens (tertiary/aromatic N) is 1. The van der Waals surface area contributed by atoms with Gasteiger partial charge in [0.15, 0.2) is 0 Å². The van der Waals surface area contributed by atoms with Crippen molar-refractivity contribution in [1.29, 1.82) is 0 Å². The van der Waals surface area contributed by atoms with E-state index in [2.05, 4.69) is 41.3 Å². The SMILES string of the molecule is O=C(O)C1CCCCN1C(c1ccc(-c2ccccc2)cc1)c1cccc(Cl)c1. The predicted molar refractivity (Wildman–Crippen MR) is 117 cm³/mol. The maximum atomic E-state index is 12.0. The summed E-state index contributed by atoms with van der Waals surface area (Å²) >= 11 is 6.28. The van der Waals surface area contributed by atoms with Crippen molar-refractivity contribution in [1.82, 2.24) is 4.90 Å². The van der Waals surface area contributed by atoms with E-state index in [1.807, 2.05) is 42.5 Å². The maximum absolute atomic E-state index is 12.0. The van der Waals surface area contributed by atoms with E-state index in [1.54, 1.807) is 0 Å². The normalized spacial score (nSPS) is 18.3. The van der Waals surface area contributed by atoms with Gasteiger partial charge in [0, 0.05) is 5.02 Å². The molecule has 0 spiro atoms. The Morgan fingerprint density at radius 1 is 0.897 bits per heavy atom. The van der Waals surface area contributed by atoms with Gasteiger partial charge in [0.05, 0.1) is 6.04 Å². The fourth-order valence-corrected chi connectivity index (χ4v) is 4.47. The summed E-state index contributed by atoms with van der Waals surface area (Å²) in [6.07, 6.45) is 2.63. The lowest BCUT2D eigenvalue weighted by Gasteiger charge is -2.39. The third-order valence-electron chi connectivity index (χ3n) is 5.66. The first kappa shape index (κ1) is 19.7. The molecule has 0 aromatic heterocycles. The highest BCUT2D eigenvalue weighted by atomic mass is 35.5. The molecule has 4 heteroatoms. The lowest BCUT2D eigenvalue weighted by Crippen LogP contribution is -2.46. The van der Waals surface area contributed by atoms with E-state index in [4.69, 9.17) is 11.6 Å². The van der Waals surface area contributed by atoms with Crippen molar-refractivity contribution in [3.63, 3.8) is 0 Å². The summed E-state index contributed by atoms with van der Waals surface area (Å²) < 4.78 is 0. The van der Waals surface area contributed by atoms with Crippen LogP contribution in [0, 0.1) is 0 Å². The second-order valence-electron chi connectivity index (χ2n) is 7.53. The molecule has 1 heterocycles. The van der Waals surface area contributed by atoms with E-state index in [1.165, 1.54) is 5.56 Å². The quantitative estimate of drug-likeness (QED) is 0.562. The molecule has 1 aliphatic heterocycles. The zero-order valence-corrected chi connectivity index (χ0v) is 16.9. The smallest absolute Gasteiger partial charge is 0.320 e. The lowest BCUT2D eigenvalue weighted by molar-refractivity contribution is -0.145. The topological polar surface area (TPSA) is 40.5 Å². The van der Waals surface area contributed by atoms with Gasteiger partial charge >= 0.3 is 5.97 Å². The molecular formula is C25H24ClNO2. The Bertz CT molecular complexity index is 972. The molecule has 4 rings (SSSR count). The highest BCUT2D eigenvalue weighted by Crippen LogP contribution is 2.36. The first-order valence-corrected chi connectivity index (χ1v) is 10.4. The first-order valence-electron chi connectivity index (χ1n) is 10.0. The third kappa shape index (κ3) is 4.36. The van der Waals surface area contributed by atoms with Crippen molar-refractivity contribution in [3.05, 3.63) is 95.0 Å². The van der Waals surface area contributed by atoms with Crippen molar-refractivity contribution in [3.8, 4) is 11.1 Å². The molecule has 29 heavy (non-hydrogen) atoms. The van der Waals surface area contributed by atoms with Gasteiger partial charge in [-0.25, -0.2) is 0 Å². The van der Waals surface area contributed by atoms with Crippen LogP contribution in [0.1, 0.15) is 36.4 Å². The Morgan fingerprint density at radius 2 is 1.62 bits per heavy atom. The van der Waals surface area contributed by atoms with Crippen LogP contribution in [-0.2, 0) is 4.79 Å². The fourth-order valence-electron chi connectivity index (χ4n) is 4.27.